The highest BCUT2D eigenvalue weighted by atomic mass is 16.7. The fourth-order valence-corrected chi connectivity index (χ4v) is 3.95. The summed E-state index contributed by atoms with van der Waals surface area (Å²) in [6.45, 7) is 10.1. The van der Waals surface area contributed by atoms with Crippen molar-refractivity contribution < 1.29 is 14.2 Å². The third-order valence-corrected chi connectivity index (χ3v) is 6.09. The van der Waals surface area contributed by atoms with Crippen molar-refractivity contribution in [3.63, 3.8) is 0 Å². The predicted molar refractivity (Wildman–Crippen MR) is 136 cm³/mol. The molecule has 176 valence electrons. The molecule has 0 saturated heterocycles. The van der Waals surface area contributed by atoms with Gasteiger partial charge < -0.3 is 14.2 Å². The van der Waals surface area contributed by atoms with Gasteiger partial charge in [0.15, 0.2) is 0 Å². The minimum absolute atomic E-state index is 0.121. The molecule has 0 radical (unpaired) electrons. The van der Waals surface area contributed by atoms with E-state index in [1.165, 1.54) is 11.1 Å². The van der Waals surface area contributed by atoms with E-state index in [1.807, 2.05) is 36.4 Å². The summed E-state index contributed by atoms with van der Waals surface area (Å²) >= 11 is 0. The van der Waals surface area contributed by atoms with Gasteiger partial charge in [0, 0.05) is 12.3 Å². The van der Waals surface area contributed by atoms with Crippen LogP contribution in [-0.4, -0.2) is 19.5 Å². The largest absolute Gasteiger partial charge is 0.494 e. The highest BCUT2D eigenvalue weighted by Crippen LogP contribution is 2.32. The molecule has 3 rings (SSSR count). The Hall–Kier alpha value is -2.78. The Balaban J connectivity index is 1.68. The Morgan fingerprint density at radius 1 is 0.667 bits per heavy atom. The minimum atomic E-state index is -0.376. The van der Waals surface area contributed by atoms with Crippen molar-refractivity contribution in [2.45, 2.75) is 58.7 Å². The van der Waals surface area contributed by atoms with E-state index < -0.39 is 0 Å². The van der Waals surface area contributed by atoms with Gasteiger partial charge in [0.1, 0.15) is 11.5 Å². The topological polar surface area (TPSA) is 27.7 Å². The second kappa shape index (κ2) is 13.1. The van der Waals surface area contributed by atoms with Gasteiger partial charge in [-0.2, -0.15) is 0 Å². The molecule has 3 unspecified atom stereocenters. The minimum Gasteiger partial charge on any atom is -0.494 e. The molecule has 0 amide bonds. The van der Waals surface area contributed by atoms with Gasteiger partial charge in [-0.15, -0.1) is 0 Å². The number of hydrogen-bond acceptors (Lipinski definition) is 3. The Labute approximate surface area is 199 Å². The van der Waals surface area contributed by atoms with Gasteiger partial charge in [-0.25, -0.2) is 0 Å². The molecule has 3 nitrogen and oxygen atoms in total. The van der Waals surface area contributed by atoms with Crippen LogP contribution >= 0.6 is 0 Å². The standard InChI is InChI=1S/C30H38O3/c1-5-24(4)25-17-19-28(20-18-25)33-30(29(23(2)3)26-13-8-6-9-14-26)32-22-12-21-31-27-15-10-7-11-16-27/h6-11,13-20,23-24,29-30H,5,12,21-22H2,1-4H3. The zero-order valence-corrected chi connectivity index (χ0v) is 20.4. The average molecular weight is 447 g/mol. The summed E-state index contributed by atoms with van der Waals surface area (Å²) in [5.74, 6) is 2.75. The molecule has 0 saturated carbocycles. The SMILES string of the molecule is CCC(C)c1ccc(OC(OCCCOc2ccccc2)C(c2ccccc2)C(C)C)cc1. The van der Waals surface area contributed by atoms with Gasteiger partial charge in [-0.05, 0) is 53.6 Å². The van der Waals surface area contributed by atoms with E-state index in [2.05, 4.69) is 76.2 Å². The second-order valence-electron chi connectivity index (χ2n) is 8.93. The summed E-state index contributed by atoms with van der Waals surface area (Å²) in [6, 6.07) is 28.9. The Morgan fingerprint density at radius 3 is 1.91 bits per heavy atom. The third kappa shape index (κ3) is 7.64. The van der Waals surface area contributed by atoms with Crippen LogP contribution in [0, 0.1) is 5.92 Å². The van der Waals surface area contributed by atoms with Gasteiger partial charge in [0.05, 0.1) is 13.2 Å². The van der Waals surface area contributed by atoms with Crippen molar-refractivity contribution >= 4 is 0 Å². The van der Waals surface area contributed by atoms with E-state index in [4.69, 9.17) is 14.2 Å². The Kier molecular flexibility index (Phi) is 9.83. The Bertz CT molecular complexity index is 906. The monoisotopic (exact) mass is 446 g/mol. The van der Waals surface area contributed by atoms with Crippen LogP contribution in [0.15, 0.2) is 84.9 Å². The first-order valence-electron chi connectivity index (χ1n) is 12.2. The van der Waals surface area contributed by atoms with Gasteiger partial charge in [-0.1, -0.05) is 88.4 Å². The van der Waals surface area contributed by atoms with Crippen LogP contribution in [0.5, 0.6) is 11.5 Å². The first-order chi connectivity index (χ1) is 16.1. The lowest BCUT2D eigenvalue weighted by molar-refractivity contribution is -0.106. The molecule has 0 aliphatic rings. The van der Waals surface area contributed by atoms with E-state index in [1.54, 1.807) is 0 Å². The Morgan fingerprint density at radius 2 is 1.30 bits per heavy atom. The lowest BCUT2D eigenvalue weighted by atomic mass is 9.87. The van der Waals surface area contributed by atoms with Gasteiger partial charge >= 0.3 is 0 Å². The van der Waals surface area contributed by atoms with E-state index in [9.17, 15) is 0 Å². The maximum absolute atomic E-state index is 6.46. The van der Waals surface area contributed by atoms with Crippen molar-refractivity contribution in [2.75, 3.05) is 13.2 Å². The van der Waals surface area contributed by atoms with Crippen LogP contribution in [0.1, 0.15) is 63.5 Å². The first kappa shape index (κ1) is 24.9. The van der Waals surface area contributed by atoms with Crippen molar-refractivity contribution in [1.82, 2.24) is 0 Å². The van der Waals surface area contributed by atoms with Gasteiger partial charge in [0.25, 0.3) is 0 Å². The van der Waals surface area contributed by atoms with Gasteiger partial charge in [0.2, 0.25) is 6.29 Å². The number of ether oxygens (including phenoxy) is 3. The van der Waals surface area contributed by atoms with Crippen molar-refractivity contribution in [3.05, 3.63) is 96.1 Å². The average Bonchev–Trinajstić information content (AvgIpc) is 2.85. The first-order valence-corrected chi connectivity index (χ1v) is 12.2. The molecule has 0 aromatic heterocycles. The fraction of sp³-hybridized carbons (Fsp3) is 0.400. The molecule has 0 heterocycles. The molecule has 0 aliphatic carbocycles. The maximum atomic E-state index is 6.46. The van der Waals surface area contributed by atoms with E-state index in [-0.39, 0.29) is 12.2 Å². The molecule has 0 fully saturated rings. The summed E-state index contributed by atoms with van der Waals surface area (Å²) in [6.07, 6.45) is 1.54. The third-order valence-electron chi connectivity index (χ3n) is 6.09. The summed E-state index contributed by atoms with van der Waals surface area (Å²) in [7, 11) is 0. The van der Waals surface area contributed by atoms with Crippen LogP contribution in [0.25, 0.3) is 0 Å². The second-order valence-corrected chi connectivity index (χ2v) is 8.93. The summed E-state index contributed by atoms with van der Waals surface area (Å²) in [5, 5.41) is 0. The number of benzene rings is 3. The van der Waals surface area contributed by atoms with E-state index in [0.717, 1.165) is 24.3 Å². The quantitative estimate of drug-likeness (QED) is 0.198. The summed E-state index contributed by atoms with van der Waals surface area (Å²) in [4.78, 5) is 0. The van der Waals surface area contributed by atoms with Crippen LogP contribution in [0.4, 0.5) is 0 Å². The number of rotatable bonds is 13. The molecule has 0 spiro atoms. The molecule has 3 aromatic rings. The van der Waals surface area contributed by atoms with Crippen molar-refractivity contribution in [1.29, 1.82) is 0 Å². The molecule has 3 atom stereocenters. The maximum Gasteiger partial charge on any atom is 0.206 e. The molecule has 0 aliphatic heterocycles. The van der Waals surface area contributed by atoms with Crippen molar-refractivity contribution in [2.24, 2.45) is 5.92 Å². The lowest BCUT2D eigenvalue weighted by Crippen LogP contribution is -2.32. The molecule has 0 N–H and O–H groups in total. The number of para-hydroxylation sites is 1. The molecule has 33 heavy (non-hydrogen) atoms. The molecular formula is C30H38O3. The number of hydrogen-bond donors (Lipinski definition) is 0. The fourth-order valence-electron chi connectivity index (χ4n) is 3.95. The van der Waals surface area contributed by atoms with Crippen LogP contribution in [0.3, 0.4) is 0 Å². The van der Waals surface area contributed by atoms with E-state index in [0.29, 0.717) is 25.0 Å². The molecule has 3 heteroatoms. The van der Waals surface area contributed by atoms with Crippen LogP contribution < -0.4 is 9.47 Å². The molecule has 3 aromatic carbocycles. The summed E-state index contributed by atoms with van der Waals surface area (Å²) in [5.41, 5.74) is 2.57. The van der Waals surface area contributed by atoms with Crippen molar-refractivity contribution in [3.8, 4) is 11.5 Å². The normalized spacial score (nSPS) is 14.0. The highest BCUT2D eigenvalue weighted by Gasteiger charge is 2.29. The predicted octanol–water partition coefficient (Wildman–Crippen LogP) is 7.83. The van der Waals surface area contributed by atoms with E-state index >= 15 is 0 Å². The highest BCUT2D eigenvalue weighted by molar-refractivity contribution is 5.30. The molecular weight excluding hydrogens is 408 g/mol. The molecule has 0 bridgehead atoms. The smallest absolute Gasteiger partial charge is 0.206 e. The zero-order chi connectivity index (χ0) is 23.5. The summed E-state index contributed by atoms with van der Waals surface area (Å²) < 4.78 is 18.6. The van der Waals surface area contributed by atoms with Crippen LogP contribution in [0.2, 0.25) is 0 Å². The zero-order valence-electron chi connectivity index (χ0n) is 20.4. The van der Waals surface area contributed by atoms with Gasteiger partial charge in [-0.3, -0.25) is 0 Å². The van der Waals surface area contributed by atoms with Crippen LogP contribution in [-0.2, 0) is 4.74 Å². The lowest BCUT2D eigenvalue weighted by Gasteiger charge is -2.31.